The molecule has 1 heterocycles. The molecule has 4 heteroatoms. The number of anilines is 3. The fraction of sp³-hybridized carbons (Fsp3) is 0.333. The summed E-state index contributed by atoms with van der Waals surface area (Å²) in [4.78, 5) is 2.40. The summed E-state index contributed by atoms with van der Waals surface area (Å²) < 4.78 is 5.45. The molecule has 2 aromatic carbocycles. The van der Waals surface area contributed by atoms with E-state index in [4.69, 9.17) is 10.5 Å². The Morgan fingerprint density at radius 1 is 1.14 bits per heavy atom. The molecular formula is C18H23N3O. The van der Waals surface area contributed by atoms with Gasteiger partial charge in [0.15, 0.2) is 0 Å². The average molecular weight is 297 g/mol. The number of rotatable bonds is 4. The van der Waals surface area contributed by atoms with Gasteiger partial charge < -0.3 is 20.7 Å². The molecule has 1 aliphatic heterocycles. The Hall–Kier alpha value is -2.20. The van der Waals surface area contributed by atoms with Gasteiger partial charge >= 0.3 is 0 Å². The van der Waals surface area contributed by atoms with Crippen LogP contribution in [-0.4, -0.2) is 26.3 Å². The summed E-state index contributed by atoms with van der Waals surface area (Å²) in [5.74, 6) is 0. The zero-order valence-electron chi connectivity index (χ0n) is 13.0. The summed E-state index contributed by atoms with van der Waals surface area (Å²) in [5.41, 5.74) is 11.5. The highest BCUT2D eigenvalue weighted by molar-refractivity contribution is 5.59. The molecule has 116 valence electrons. The number of benzene rings is 2. The van der Waals surface area contributed by atoms with Crippen LogP contribution in [0.25, 0.3) is 0 Å². The van der Waals surface area contributed by atoms with Crippen molar-refractivity contribution in [2.45, 2.75) is 13.5 Å². The molecule has 22 heavy (non-hydrogen) atoms. The SMILES string of the molecule is Cc1cc(NCc2ccccc2N2CCOCC2)ccc1N. The molecule has 1 fully saturated rings. The lowest BCUT2D eigenvalue weighted by Gasteiger charge is -2.30. The van der Waals surface area contributed by atoms with Crippen molar-refractivity contribution in [1.82, 2.24) is 0 Å². The third kappa shape index (κ3) is 3.34. The maximum Gasteiger partial charge on any atom is 0.0642 e. The molecule has 4 nitrogen and oxygen atoms in total. The van der Waals surface area contributed by atoms with Crippen LogP contribution in [0.3, 0.4) is 0 Å². The summed E-state index contributed by atoms with van der Waals surface area (Å²) in [6, 6.07) is 14.6. The van der Waals surface area contributed by atoms with Crippen LogP contribution in [0.5, 0.6) is 0 Å². The molecule has 3 rings (SSSR count). The molecule has 0 aliphatic carbocycles. The highest BCUT2D eigenvalue weighted by Gasteiger charge is 2.14. The molecule has 0 unspecified atom stereocenters. The van der Waals surface area contributed by atoms with Crippen molar-refractivity contribution >= 4 is 17.1 Å². The molecule has 0 spiro atoms. The fourth-order valence-electron chi connectivity index (χ4n) is 2.76. The van der Waals surface area contributed by atoms with Crippen LogP contribution in [0.15, 0.2) is 42.5 Å². The Bertz CT molecular complexity index is 636. The third-order valence-electron chi connectivity index (χ3n) is 4.10. The first kappa shape index (κ1) is 14.7. The quantitative estimate of drug-likeness (QED) is 0.852. The Balaban J connectivity index is 1.73. The van der Waals surface area contributed by atoms with Gasteiger partial charge in [0.2, 0.25) is 0 Å². The number of nitrogens with zero attached hydrogens (tertiary/aromatic N) is 1. The van der Waals surface area contributed by atoms with Crippen LogP contribution in [0, 0.1) is 6.92 Å². The summed E-state index contributed by atoms with van der Waals surface area (Å²) in [6.45, 7) is 6.35. The van der Waals surface area contributed by atoms with E-state index in [1.807, 2.05) is 19.1 Å². The zero-order valence-corrected chi connectivity index (χ0v) is 13.0. The van der Waals surface area contributed by atoms with Crippen molar-refractivity contribution in [2.75, 3.05) is 42.3 Å². The Kier molecular flexibility index (Phi) is 4.49. The van der Waals surface area contributed by atoms with Crippen LogP contribution in [0.1, 0.15) is 11.1 Å². The molecule has 2 aromatic rings. The van der Waals surface area contributed by atoms with Gasteiger partial charge in [-0.1, -0.05) is 18.2 Å². The largest absolute Gasteiger partial charge is 0.399 e. The number of hydrogen-bond acceptors (Lipinski definition) is 4. The van der Waals surface area contributed by atoms with Crippen LogP contribution >= 0.6 is 0 Å². The van der Waals surface area contributed by atoms with Crippen molar-refractivity contribution in [3.63, 3.8) is 0 Å². The normalized spacial score (nSPS) is 14.9. The smallest absolute Gasteiger partial charge is 0.0642 e. The minimum atomic E-state index is 0.802. The summed E-state index contributed by atoms with van der Waals surface area (Å²) in [5, 5.41) is 3.50. The molecule has 1 aliphatic rings. The van der Waals surface area contributed by atoms with Crippen LogP contribution in [-0.2, 0) is 11.3 Å². The number of nitrogens with two attached hydrogens (primary N) is 1. The lowest BCUT2D eigenvalue weighted by atomic mass is 10.1. The second-order valence-electron chi connectivity index (χ2n) is 5.65. The number of nitrogen functional groups attached to an aromatic ring is 1. The highest BCUT2D eigenvalue weighted by atomic mass is 16.5. The van der Waals surface area contributed by atoms with Crippen LogP contribution in [0.2, 0.25) is 0 Å². The Labute approximate surface area is 131 Å². The van der Waals surface area contributed by atoms with Gasteiger partial charge in [0.25, 0.3) is 0 Å². The lowest BCUT2D eigenvalue weighted by Crippen LogP contribution is -2.36. The second-order valence-corrected chi connectivity index (χ2v) is 5.65. The van der Waals surface area contributed by atoms with E-state index in [1.165, 1.54) is 11.3 Å². The summed E-state index contributed by atoms with van der Waals surface area (Å²) in [6.07, 6.45) is 0. The number of nitrogens with one attached hydrogen (secondary N) is 1. The third-order valence-corrected chi connectivity index (χ3v) is 4.10. The summed E-state index contributed by atoms with van der Waals surface area (Å²) in [7, 11) is 0. The van der Waals surface area contributed by atoms with Gasteiger partial charge in [-0.25, -0.2) is 0 Å². The first-order valence-corrected chi connectivity index (χ1v) is 7.74. The number of para-hydroxylation sites is 1. The number of morpholine rings is 1. The lowest BCUT2D eigenvalue weighted by molar-refractivity contribution is 0.122. The summed E-state index contributed by atoms with van der Waals surface area (Å²) >= 11 is 0. The van der Waals surface area contributed by atoms with E-state index in [9.17, 15) is 0 Å². The number of ether oxygens (including phenoxy) is 1. The van der Waals surface area contributed by atoms with Gasteiger partial charge in [0.05, 0.1) is 13.2 Å². The predicted octanol–water partition coefficient (Wildman–Crippen LogP) is 3.03. The molecule has 0 radical (unpaired) electrons. The van der Waals surface area contributed by atoms with Gasteiger partial charge in [-0.2, -0.15) is 0 Å². The number of hydrogen-bond donors (Lipinski definition) is 2. The number of aryl methyl sites for hydroxylation is 1. The zero-order chi connectivity index (χ0) is 15.4. The fourth-order valence-corrected chi connectivity index (χ4v) is 2.76. The van der Waals surface area contributed by atoms with E-state index >= 15 is 0 Å². The van der Waals surface area contributed by atoms with E-state index in [1.54, 1.807) is 0 Å². The van der Waals surface area contributed by atoms with Crippen molar-refractivity contribution in [2.24, 2.45) is 0 Å². The van der Waals surface area contributed by atoms with Crippen molar-refractivity contribution in [3.8, 4) is 0 Å². The van der Waals surface area contributed by atoms with Gasteiger partial charge in [-0.3, -0.25) is 0 Å². The van der Waals surface area contributed by atoms with Gasteiger partial charge in [-0.05, 0) is 42.3 Å². The monoisotopic (exact) mass is 297 g/mol. The van der Waals surface area contributed by atoms with Gasteiger partial charge in [-0.15, -0.1) is 0 Å². The van der Waals surface area contributed by atoms with Crippen molar-refractivity contribution in [1.29, 1.82) is 0 Å². The van der Waals surface area contributed by atoms with Crippen molar-refractivity contribution in [3.05, 3.63) is 53.6 Å². The van der Waals surface area contributed by atoms with E-state index in [0.717, 1.165) is 49.8 Å². The van der Waals surface area contributed by atoms with Gasteiger partial charge in [0.1, 0.15) is 0 Å². The van der Waals surface area contributed by atoms with Crippen molar-refractivity contribution < 1.29 is 4.74 Å². The Morgan fingerprint density at radius 2 is 1.91 bits per heavy atom. The highest BCUT2D eigenvalue weighted by Crippen LogP contribution is 2.23. The average Bonchev–Trinajstić information content (AvgIpc) is 2.57. The Morgan fingerprint density at radius 3 is 2.68 bits per heavy atom. The molecule has 1 saturated heterocycles. The standard InChI is InChI=1S/C18H23N3O/c1-14-12-16(6-7-17(14)19)20-13-15-4-2-3-5-18(15)21-8-10-22-11-9-21/h2-7,12,20H,8-11,13,19H2,1H3. The second kappa shape index (κ2) is 6.71. The maximum atomic E-state index is 5.87. The molecule has 0 saturated carbocycles. The molecule has 0 aromatic heterocycles. The molecular weight excluding hydrogens is 274 g/mol. The topological polar surface area (TPSA) is 50.5 Å². The molecule has 3 N–H and O–H groups in total. The van der Waals surface area contributed by atoms with E-state index in [2.05, 4.69) is 40.5 Å². The minimum absolute atomic E-state index is 0.802. The van der Waals surface area contributed by atoms with Crippen LogP contribution in [0.4, 0.5) is 17.1 Å². The molecule has 0 bridgehead atoms. The maximum absolute atomic E-state index is 5.87. The van der Waals surface area contributed by atoms with E-state index in [-0.39, 0.29) is 0 Å². The predicted molar refractivity (Wildman–Crippen MR) is 92.4 cm³/mol. The minimum Gasteiger partial charge on any atom is -0.399 e. The van der Waals surface area contributed by atoms with Gasteiger partial charge in [0, 0.05) is 36.7 Å². The first-order chi connectivity index (χ1) is 10.7. The molecule has 0 amide bonds. The molecule has 0 atom stereocenters. The van der Waals surface area contributed by atoms with E-state index < -0.39 is 0 Å². The van der Waals surface area contributed by atoms with Crippen LogP contribution < -0.4 is 16.0 Å². The van der Waals surface area contributed by atoms with E-state index in [0.29, 0.717) is 0 Å². The first-order valence-electron chi connectivity index (χ1n) is 7.74.